The standard InChI is InChI=1S/C14H12ClNO2/c1-9-5-6-10(8-11(9)15)14(17)13-12(18-2)4-3-7-16-13/h3-8H,1-2H3. The Labute approximate surface area is 110 Å². The Bertz CT molecular complexity index is 596. The number of ketones is 1. The van der Waals surface area contributed by atoms with E-state index in [0.717, 1.165) is 5.56 Å². The fourth-order valence-electron chi connectivity index (χ4n) is 1.60. The molecule has 0 unspecified atom stereocenters. The molecule has 0 atom stereocenters. The minimum Gasteiger partial charge on any atom is -0.494 e. The van der Waals surface area contributed by atoms with E-state index < -0.39 is 0 Å². The first-order chi connectivity index (χ1) is 8.63. The van der Waals surface area contributed by atoms with Crippen LogP contribution in [0.15, 0.2) is 36.5 Å². The third-order valence-corrected chi connectivity index (χ3v) is 3.05. The quantitative estimate of drug-likeness (QED) is 0.796. The maximum Gasteiger partial charge on any atom is 0.215 e. The number of halogens is 1. The van der Waals surface area contributed by atoms with Crippen molar-refractivity contribution in [1.29, 1.82) is 0 Å². The van der Waals surface area contributed by atoms with Gasteiger partial charge in [-0.3, -0.25) is 4.79 Å². The Morgan fingerprint density at radius 3 is 2.78 bits per heavy atom. The van der Waals surface area contributed by atoms with Gasteiger partial charge in [-0.05, 0) is 30.7 Å². The topological polar surface area (TPSA) is 39.2 Å². The summed E-state index contributed by atoms with van der Waals surface area (Å²) in [5, 5.41) is 0.566. The Morgan fingerprint density at radius 2 is 2.11 bits per heavy atom. The molecule has 0 radical (unpaired) electrons. The van der Waals surface area contributed by atoms with Gasteiger partial charge in [0.15, 0.2) is 5.69 Å². The van der Waals surface area contributed by atoms with Gasteiger partial charge in [-0.15, -0.1) is 0 Å². The lowest BCUT2D eigenvalue weighted by Crippen LogP contribution is -2.06. The number of nitrogens with zero attached hydrogens (tertiary/aromatic N) is 1. The molecule has 1 aromatic heterocycles. The highest BCUT2D eigenvalue weighted by Gasteiger charge is 2.16. The van der Waals surface area contributed by atoms with Gasteiger partial charge >= 0.3 is 0 Å². The largest absolute Gasteiger partial charge is 0.494 e. The van der Waals surface area contributed by atoms with Crippen molar-refractivity contribution < 1.29 is 9.53 Å². The van der Waals surface area contributed by atoms with Crippen LogP contribution in [0.3, 0.4) is 0 Å². The van der Waals surface area contributed by atoms with Crippen molar-refractivity contribution in [2.75, 3.05) is 7.11 Å². The van der Waals surface area contributed by atoms with E-state index in [-0.39, 0.29) is 5.78 Å². The monoisotopic (exact) mass is 261 g/mol. The van der Waals surface area contributed by atoms with Gasteiger partial charge in [0.05, 0.1) is 7.11 Å². The molecule has 0 N–H and O–H groups in total. The van der Waals surface area contributed by atoms with E-state index in [1.807, 2.05) is 13.0 Å². The smallest absolute Gasteiger partial charge is 0.215 e. The minimum atomic E-state index is -0.200. The Hall–Kier alpha value is -1.87. The molecule has 0 aliphatic rings. The lowest BCUT2D eigenvalue weighted by Gasteiger charge is -2.07. The number of carbonyl (C=O) groups is 1. The molecule has 18 heavy (non-hydrogen) atoms. The molecular weight excluding hydrogens is 250 g/mol. The summed E-state index contributed by atoms with van der Waals surface area (Å²) >= 11 is 6.02. The number of hydrogen-bond donors (Lipinski definition) is 0. The molecule has 0 aliphatic carbocycles. The Kier molecular flexibility index (Phi) is 3.63. The van der Waals surface area contributed by atoms with E-state index in [4.69, 9.17) is 16.3 Å². The minimum absolute atomic E-state index is 0.200. The maximum absolute atomic E-state index is 12.3. The van der Waals surface area contributed by atoms with Crippen LogP contribution in [0.4, 0.5) is 0 Å². The van der Waals surface area contributed by atoms with Crippen molar-refractivity contribution in [3.05, 3.63) is 58.4 Å². The number of aromatic nitrogens is 1. The molecule has 0 fully saturated rings. The van der Waals surface area contributed by atoms with Crippen molar-refractivity contribution in [2.24, 2.45) is 0 Å². The fraction of sp³-hybridized carbons (Fsp3) is 0.143. The highest BCUT2D eigenvalue weighted by Crippen LogP contribution is 2.22. The van der Waals surface area contributed by atoms with Crippen LogP contribution in [0.1, 0.15) is 21.6 Å². The second-order valence-corrected chi connectivity index (χ2v) is 4.25. The lowest BCUT2D eigenvalue weighted by molar-refractivity contribution is 0.103. The predicted molar refractivity (Wildman–Crippen MR) is 70.4 cm³/mol. The van der Waals surface area contributed by atoms with E-state index in [9.17, 15) is 4.79 Å². The second kappa shape index (κ2) is 5.19. The summed E-state index contributed by atoms with van der Waals surface area (Å²) in [5.41, 5.74) is 1.73. The number of pyridine rings is 1. The summed E-state index contributed by atoms with van der Waals surface area (Å²) in [6.07, 6.45) is 1.56. The van der Waals surface area contributed by atoms with E-state index in [1.165, 1.54) is 7.11 Å². The van der Waals surface area contributed by atoms with Gasteiger partial charge in [0.25, 0.3) is 0 Å². The number of rotatable bonds is 3. The van der Waals surface area contributed by atoms with Crippen LogP contribution in [-0.4, -0.2) is 17.9 Å². The average molecular weight is 262 g/mol. The zero-order chi connectivity index (χ0) is 13.1. The van der Waals surface area contributed by atoms with E-state index in [0.29, 0.717) is 22.0 Å². The molecule has 0 bridgehead atoms. The lowest BCUT2D eigenvalue weighted by atomic mass is 10.1. The van der Waals surface area contributed by atoms with E-state index in [2.05, 4.69) is 4.98 Å². The molecule has 0 saturated carbocycles. The van der Waals surface area contributed by atoms with E-state index >= 15 is 0 Å². The number of methoxy groups -OCH3 is 1. The number of benzene rings is 1. The predicted octanol–water partition coefficient (Wildman–Crippen LogP) is 3.28. The summed E-state index contributed by atoms with van der Waals surface area (Å²) < 4.78 is 5.13. The zero-order valence-electron chi connectivity index (χ0n) is 10.1. The molecule has 0 amide bonds. The van der Waals surface area contributed by atoms with Gasteiger partial charge in [-0.25, -0.2) is 4.98 Å². The summed E-state index contributed by atoms with van der Waals surface area (Å²) in [5.74, 6) is 0.258. The Balaban J connectivity index is 2.44. The molecule has 4 heteroatoms. The summed E-state index contributed by atoms with van der Waals surface area (Å²) in [6, 6.07) is 8.61. The normalized spacial score (nSPS) is 10.2. The van der Waals surface area contributed by atoms with Crippen LogP contribution in [0, 0.1) is 6.92 Å². The number of carbonyl (C=O) groups excluding carboxylic acids is 1. The summed E-state index contributed by atoms with van der Waals surface area (Å²) in [6.45, 7) is 1.89. The highest BCUT2D eigenvalue weighted by molar-refractivity contribution is 6.31. The van der Waals surface area contributed by atoms with Crippen LogP contribution in [0.5, 0.6) is 5.75 Å². The molecule has 2 aromatic rings. The third kappa shape index (κ3) is 2.36. The van der Waals surface area contributed by atoms with Gasteiger partial charge in [-0.1, -0.05) is 23.7 Å². The van der Waals surface area contributed by atoms with Crippen molar-refractivity contribution >= 4 is 17.4 Å². The molecule has 0 saturated heterocycles. The molecule has 1 aromatic carbocycles. The van der Waals surface area contributed by atoms with Crippen molar-refractivity contribution in [3.63, 3.8) is 0 Å². The van der Waals surface area contributed by atoms with E-state index in [1.54, 1.807) is 30.5 Å². The average Bonchev–Trinajstić information content (AvgIpc) is 2.41. The van der Waals surface area contributed by atoms with Crippen molar-refractivity contribution in [2.45, 2.75) is 6.92 Å². The molecule has 1 heterocycles. The Morgan fingerprint density at radius 1 is 1.33 bits per heavy atom. The van der Waals surface area contributed by atoms with Crippen LogP contribution in [0.2, 0.25) is 5.02 Å². The number of hydrogen-bond acceptors (Lipinski definition) is 3. The molecule has 2 rings (SSSR count). The number of aryl methyl sites for hydroxylation is 1. The first-order valence-electron chi connectivity index (χ1n) is 5.43. The molecule has 92 valence electrons. The van der Waals surface area contributed by atoms with Gasteiger partial charge < -0.3 is 4.74 Å². The number of ether oxygens (including phenoxy) is 1. The van der Waals surface area contributed by atoms with Gasteiger partial charge in [0.1, 0.15) is 5.75 Å². The van der Waals surface area contributed by atoms with Crippen LogP contribution < -0.4 is 4.74 Å². The maximum atomic E-state index is 12.3. The second-order valence-electron chi connectivity index (χ2n) is 3.85. The highest BCUT2D eigenvalue weighted by atomic mass is 35.5. The van der Waals surface area contributed by atoms with Gasteiger partial charge in [-0.2, -0.15) is 0 Å². The third-order valence-electron chi connectivity index (χ3n) is 2.64. The van der Waals surface area contributed by atoms with Crippen molar-refractivity contribution in [3.8, 4) is 5.75 Å². The molecular formula is C14H12ClNO2. The first-order valence-corrected chi connectivity index (χ1v) is 5.81. The van der Waals surface area contributed by atoms with Crippen LogP contribution in [-0.2, 0) is 0 Å². The van der Waals surface area contributed by atoms with Crippen LogP contribution in [0.25, 0.3) is 0 Å². The summed E-state index contributed by atoms with van der Waals surface area (Å²) in [4.78, 5) is 16.3. The first kappa shape index (κ1) is 12.6. The molecule has 3 nitrogen and oxygen atoms in total. The molecule has 0 spiro atoms. The molecule has 0 aliphatic heterocycles. The summed E-state index contributed by atoms with van der Waals surface area (Å²) in [7, 11) is 1.51. The zero-order valence-corrected chi connectivity index (χ0v) is 10.9. The van der Waals surface area contributed by atoms with Crippen molar-refractivity contribution in [1.82, 2.24) is 4.98 Å². The van der Waals surface area contributed by atoms with Gasteiger partial charge in [0.2, 0.25) is 5.78 Å². The SMILES string of the molecule is COc1cccnc1C(=O)c1ccc(C)c(Cl)c1. The fourth-order valence-corrected chi connectivity index (χ4v) is 1.78. The van der Waals surface area contributed by atoms with Gasteiger partial charge in [0, 0.05) is 16.8 Å². The van der Waals surface area contributed by atoms with Crippen LogP contribution >= 0.6 is 11.6 Å².